The fourth-order valence-electron chi connectivity index (χ4n) is 4.81. The zero-order valence-electron chi connectivity index (χ0n) is 15.6. The van der Waals surface area contributed by atoms with E-state index in [1.165, 1.54) is 24.3 Å². The quantitative estimate of drug-likeness (QED) is 0.423. The van der Waals surface area contributed by atoms with Gasteiger partial charge in [0.05, 0.1) is 22.6 Å². The summed E-state index contributed by atoms with van der Waals surface area (Å²) in [4.78, 5) is 38.3. The van der Waals surface area contributed by atoms with Gasteiger partial charge in [-0.05, 0) is 36.2 Å². The standard InChI is InChI=1S/C20H16ClFN4O4/c21-14-7-6-13(10-15(14)26(29)30)25-19(27)16-17(11-2-4-12(22)5-3-11)23-8-1-9-24(23)18(16)20(25)28/h2-7,10,16-18H,1,8-9H2. The van der Waals surface area contributed by atoms with Gasteiger partial charge in [0.25, 0.3) is 11.6 Å². The highest BCUT2D eigenvalue weighted by atomic mass is 35.5. The number of rotatable bonds is 3. The number of carbonyl (C=O) groups is 2. The summed E-state index contributed by atoms with van der Waals surface area (Å²) in [6.45, 7) is 1.33. The monoisotopic (exact) mass is 430 g/mol. The molecule has 3 atom stereocenters. The van der Waals surface area contributed by atoms with E-state index in [-0.39, 0.29) is 22.2 Å². The summed E-state index contributed by atoms with van der Waals surface area (Å²) in [6, 6.07) is 8.73. The van der Waals surface area contributed by atoms with Crippen LogP contribution in [0.1, 0.15) is 18.0 Å². The van der Waals surface area contributed by atoms with Crippen LogP contribution >= 0.6 is 11.6 Å². The number of hydrazine groups is 1. The summed E-state index contributed by atoms with van der Waals surface area (Å²) in [5.41, 5.74) is 0.504. The second-order valence-corrected chi connectivity index (χ2v) is 7.96. The maximum Gasteiger partial charge on any atom is 0.289 e. The number of imide groups is 1. The van der Waals surface area contributed by atoms with Gasteiger partial charge in [-0.3, -0.25) is 19.7 Å². The van der Waals surface area contributed by atoms with Crippen LogP contribution in [0.2, 0.25) is 5.02 Å². The lowest BCUT2D eigenvalue weighted by Gasteiger charge is -2.29. The van der Waals surface area contributed by atoms with Crippen molar-refractivity contribution in [2.24, 2.45) is 5.92 Å². The van der Waals surface area contributed by atoms with Crippen LogP contribution in [0.25, 0.3) is 0 Å². The highest BCUT2D eigenvalue weighted by Gasteiger charge is 2.62. The maximum atomic E-state index is 13.4. The Hall–Kier alpha value is -2.88. The third kappa shape index (κ3) is 2.66. The van der Waals surface area contributed by atoms with E-state index in [1.54, 1.807) is 12.1 Å². The molecular weight excluding hydrogens is 415 g/mol. The first-order valence-corrected chi connectivity index (χ1v) is 9.86. The van der Waals surface area contributed by atoms with Gasteiger partial charge < -0.3 is 0 Å². The van der Waals surface area contributed by atoms with Crippen LogP contribution in [0.5, 0.6) is 0 Å². The number of nitro benzene ring substituents is 1. The number of nitro groups is 1. The van der Waals surface area contributed by atoms with E-state index in [9.17, 15) is 24.1 Å². The predicted octanol–water partition coefficient (Wildman–Crippen LogP) is 2.92. The van der Waals surface area contributed by atoms with Gasteiger partial charge >= 0.3 is 0 Å². The van der Waals surface area contributed by atoms with Crippen molar-refractivity contribution in [3.8, 4) is 0 Å². The Morgan fingerprint density at radius 1 is 1.00 bits per heavy atom. The summed E-state index contributed by atoms with van der Waals surface area (Å²) in [6.07, 6.45) is 0.842. The van der Waals surface area contributed by atoms with Crippen LogP contribution in [0.4, 0.5) is 15.8 Å². The maximum absolute atomic E-state index is 13.4. The molecule has 5 rings (SSSR count). The number of hydrogen-bond acceptors (Lipinski definition) is 6. The summed E-state index contributed by atoms with van der Waals surface area (Å²) in [5, 5.41) is 15.1. The molecule has 0 bridgehead atoms. The van der Waals surface area contributed by atoms with Gasteiger partial charge in [-0.15, -0.1) is 0 Å². The summed E-state index contributed by atoms with van der Waals surface area (Å²) < 4.78 is 13.4. The lowest BCUT2D eigenvalue weighted by Crippen LogP contribution is -2.44. The van der Waals surface area contributed by atoms with Crippen molar-refractivity contribution < 1.29 is 18.9 Å². The Kier molecular flexibility index (Phi) is 4.35. The number of benzene rings is 2. The summed E-state index contributed by atoms with van der Waals surface area (Å²) in [5.74, 6) is -1.91. The lowest BCUT2D eigenvalue weighted by molar-refractivity contribution is -0.384. The molecule has 3 fully saturated rings. The molecule has 30 heavy (non-hydrogen) atoms. The number of halogens is 2. The number of hydrogen-bond donors (Lipinski definition) is 0. The number of amides is 2. The van der Waals surface area contributed by atoms with Crippen LogP contribution < -0.4 is 4.90 Å². The largest absolute Gasteiger partial charge is 0.289 e. The third-order valence-corrected chi connectivity index (χ3v) is 6.32. The Morgan fingerprint density at radius 3 is 2.33 bits per heavy atom. The van der Waals surface area contributed by atoms with Gasteiger partial charge in [0.2, 0.25) is 5.91 Å². The van der Waals surface area contributed by atoms with Gasteiger partial charge in [-0.2, -0.15) is 0 Å². The molecule has 10 heteroatoms. The zero-order valence-corrected chi connectivity index (χ0v) is 16.3. The van der Waals surface area contributed by atoms with Crippen molar-refractivity contribution in [3.05, 3.63) is 69.0 Å². The molecular formula is C20H16ClFN4O4. The molecule has 0 spiro atoms. The van der Waals surface area contributed by atoms with Crippen LogP contribution in [0, 0.1) is 21.8 Å². The zero-order chi connectivity index (χ0) is 21.2. The average Bonchev–Trinajstić information content (AvgIpc) is 3.36. The van der Waals surface area contributed by atoms with Crippen LogP contribution in [0.3, 0.4) is 0 Å². The molecule has 0 N–H and O–H groups in total. The Balaban J connectivity index is 1.58. The SMILES string of the molecule is O=C1C2C(C(=O)N1c1ccc(Cl)c([N+](=O)[O-])c1)N1CCCN1C2c1ccc(F)cc1. The molecule has 3 aliphatic heterocycles. The van der Waals surface area contributed by atoms with Crippen molar-refractivity contribution in [2.45, 2.75) is 18.5 Å². The van der Waals surface area contributed by atoms with Crippen molar-refractivity contribution >= 4 is 34.8 Å². The molecule has 2 aromatic carbocycles. The Bertz CT molecular complexity index is 1080. The fourth-order valence-corrected chi connectivity index (χ4v) is 4.99. The van der Waals surface area contributed by atoms with Gasteiger partial charge in [-0.1, -0.05) is 23.7 Å². The number of anilines is 1. The minimum absolute atomic E-state index is 0.0713. The molecule has 2 amide bonds. The molecule has 3 saturated heterocycles. The first-order chi connectivity index (χ1) is 14.4. The first kappa shape index (κ1) is 19.1. The van der Waals surface area contributed by atoms with Crippen molar-refractivity contribution in [3.63, 3.8) is 0 Å². The van der Waals surface area contributed by atoms with Crippen LogP contribution in [0.15, 0.2) is 42.5 Å². The highest BCUT2D eigenvalue weighted by Crippen LogP contribution is 2.49. The van der Waals surface area contributed by atoms with Gasteiger partial charge in [0.1, 0.15) is 16.9 Å². The second-order valence-electron chi connectivity index (χ2n) is 7.55. The van der Waals surface area contributed by atoms with E-state index in [2.05, 4.69) is 0 Å². The fraction of sp³-hybridized carbons (Fsp3) is 0.300. The van der Waals surface area contributed by atoms with Crippen molar-refractivity contribution in [1.29, 1.82) is 0 Å². The van der Waals surface area contributed by atoms with Gasteiger partial charge in [-0.25, -0.2) is 19.3 Å². The van der Waals surface area contributed by atoms with Crippen molar-refractivity contribution in [2.75, 3.05) is 18.0 Å². The second kappa shape index (κ2) is 6.83. The normalized spacial score (nSPS) is 26.3. The number of fused-ring (bicyclic) bond motifs is 3. The smallest absolute Gasteiger partial charge is 0.274 e. The topological polar surface area (TPSA) is 87.0 Å². The minimum Gasteiger partial charge on any atom is -0.274 e. The molecule has 3 unspecified atom stereocenters. The van der Waals surface area contributed by atoms with Gasteiger partial charge in [0.15, 0.2) is 0 Å². The predicted molar refractivity (Wildman–Crippen MR) is 105 cm³/mol. The van der Waals surface area contributed by atoms with E-state index >= 15 is 0 Å². The number of carbonyl (C=O) groups excluding carboxylic acids is 2. The first-order valence-electron chi connectivity index (χ1n) is 9.49. The van der Waals surface area contributed by atoms with E-state index in [1.807, 2.05) is 10.0 Å². The Labute approximate surface area is 175 Å². The molecule has 3 heterocycles. The molecule has 3 aliphatic rings. The lowest BCUT2D eigenvalue weighted by atomic mass is 9.90. The molecule has 0 aliphatic carbocycles. The molecule has 0 radical (unpaired) electrons. The van der Waals surface area contributed by atoms with E-state index in [4.69, 9.17) is 11.6 Å². The van der Waals surface area contributed by atoms with Crippen molar-refractivity contribution in [1.82, 2.24) is 10.0 Å². The Morgan fingerprint density at radius 2 is 1.67 bits per heavy atom. The van der Waals surface area contributed by atoms with Crippen LogP contribution in [-0.2, 0) is 9.59 Å². The van der Waals surface area contributed by atoms with E-state index in [0.29, 0.717) is 13.1 Å². The summed E-state index contributed by atoms with van der Waals surface area (Å²) in [7, 11) is 0. The average molecular weight is 431 g/mol. The molecule has 154 valence electrons. The molecule has 0 saturated carbocycles. The summed E-state index contributed by atoms with van der Waals surface area (Å²) >= 11 is 5.88. The molecule has 0 aromatic heterocycles. The number of nitrogens with zero attached hydrogens (tertiary/aromatic N) is 4. The van der Waals surface area contributed by atoms with E-state index < -0.39 is 34.7 Å². The van der Waals surface area contributed by atoms with E-state index in [0.717, 1.165) is 23.0 Å². The molecule has 2 aromatic rings. The minimum atomic E-state index is -0.690. The molecule has 8 nitrogen and oxygen atoms in total. The third-order valence-electron chi connectivity index (χ3n) is 6.00. The highest BCUT2D eigenvalue weighted by molar-refractivity contribution is 6.33. The van der Waals surface area contributed by atoms with Crippen LogP contribution in [-0.4, -0.2) is 45.9 Å². The van der Waals surface area contributed by atoms with Gasteiger partial charge in [0, 0.05) is 19.2 Å².